The Kier molecular flexibility index (Phi) is 5.34. The van der Waals surface area contributed by atoms with Gasteiger partial charge in [0, 0.05) is 11.1 Å². The zero-order valence-corrected chi connectivity index (χ0v) is 13.0. The Morgan fingerprint density at radius 2 is 1.74 bits per heavy atom. The first-order valence-electron chi connectivity index (χ1n) is 6.38. The van der Waals surface area contributed by atoms with Crippen LogP contribution in [-0.2, 0) is 11.0 Å². The Bertz CT molecular complexity index is 757. The summed E-state index contributed by atoms with van der Waals surface area (Å²) in [5.74, 6) is -0.619. The van der Waals surface area contributed by atoms with E-state index in [2.05, 4.69) is 5.32 Å². The highest BCUT2D eigenvalue weighted by atomic mass is 35.5. The molecule has 0 fully saturated rings. The molecule has 0 bridgehead atoms. The molecule has 0 saturated carbocycles. The van der Waals surface area contributed by atoms with Crippen LogP contribution in [0.1, 0.15) is 11.1 Å². The third-order valence-corrected chi connectivity index (χ3v) is 3.54. The van der Waals surface area contributed by atoms with Crippen molar-refractivity contribution in [2.24, 2.45) is 0 Å². The molecule has 120 valence electrons. The van der Waals surface area contributed by atoms with Crippen LogP contribution in [0.5, 0.6) is 0 Å². The summed E-state index contributed by atoms with van der Waals surface area (Å²) in [7, 11) is 0. The number of carbonyl (C=O) groups excluding carboxylic acids is 1. The van der Waals surface area contributed by atoms with Crippen LogP contribution in [0.3, 0.4) is 0 Å². The second kappa shape index (κ2) is 7.06. The Labute approximate surface area is 140 Å². The quantitative estimate of drug-likeness (QED) is 0.703. The highest BCUT2D eigenvalue weighted by Gasteiger charge is 2.31. The number of amides is 1. The van der Waals surface area contributed by atoms with Gasteiger partial charge in [0.25, 0.3) is 0 Å². The second-order valence-corrected chi connectivity index (χ2v) is 5.35. The monoisotopic (exact) mass is 359 g/mol. The molecule has 0 aliphatic heterocycles. The number of carbonyl (C=O) groups is 1. The summed E-state index contributed by atoms with van der Waals surface area (Å²) < 4.78 is 38.0. The summed E-state index contributed by atoms with van der Waals surface area (Å²) in [6, 6.07) is 9.54. The van der Waals surface area contributed by atoms with E-state index in [-0.39, 0.29) is 10.7 Å². The van der Waals surface area contributed by atoms with Gasteiger partial charge in [0.15, 0.2) is 0 Å². The summed E-state index contributed by atoms with van der Waals surface area (Å²) in [5.41, 5.74) is -0.401. The molecule has 0 radical (unpaired) electrons. The molecule has 0 saturated heterocycles. The molecule has 7 heteroatoms. The first-order chi connectivity index (χ1) is 10.8. The highest BCUT2D eigenvalue weighted by Crippen LogP contribution is 2.33. The normalized spacial score (nSPS) is 11.7. The predicted octanol–water partition coefficient (Wildman–Crippen LogP) is 5.66. The minimum atomic E-state index is -4.52. The van der Waals surface area contributed by atoms with Gasteiger partial charge in [-0.25, -0.2) is 0 Å². The maximum atomic E-state index is 12.7. The molecule has 1 amide bonds. The van der Waals surface area contributed by atoms with E-state index >= 15 is 0 Å². The van der Waals surface area contributed by atoms with Crippen LogP contribution in [0, 0.1) is 0 Å². The van der Waals surface area contributed by atoms with Crippen LogP contribution in [0.15, 0.2) is 48.5 Å². The van der Waals surface area contributed by atoms with Gasteiger partial charge in [0.1, 0.15) is 0 Å². The van der Waals surface area contributed by atoms with E-state index in [0.717, 1.165) is 24.3 Å². The van der Waals surface area contributed by atoms with Crippen LogP contribution >= 0.6 is 23.2 Å². The summed E-state index contributed by atoms with van der Waals surface area (Å²) >= 11 is 11.7. The largest absolute Gasteiger partial charge is 0.416 e. The number of rotatable bonds is 3. The van der Waals surface area contributed by atoms with Crippen molar-refractivity contribution in [1.29, 1.82) is 0 Å². The van der Waals surface area contributed by atoms with E-state index in [9.17, 15) is 18.0 Å². The molecule has 2 aromatic rings. The highest BCUT2D eigenvalue weighted by molar-refractivity contribution is 6.34. The average Bonchev–Trinajstić information content (AvgIpc) is 2.47. The van der Waals surface area contributed by atoms with Crippen molar-refractivity contribution in [2.45, 2.75) is 6.18 Å². The van der Waals surface area contributed by atoms with E-state index in [4.69, 9.17) is 23.2 Å². The number of nitrogens with one attached hydrogen (secondary N) is 1. The Morgan fingerprint density at radius 1 is 1.04 bits per heavy atom. The molecule has 0 atom stereocenters. The molecule has 0 aromatic heterocycles. The average molecular weight is 360 g/mol. The summed E-state index contributed by atoms with van der Waals surface area (Å²) in [5, 5.41) is 2.78. The third-order valence-electron chi connectivity index (χ3n) is 2.87. The molecular weight excluding hydrogens is 350 g/mol. The van der Waals surface area contributed by atoms with E-state index in [1.54, 1.807) is 24.3 Å². The lowest BCUT2D eigenvalue weighted by atomic mass is 10.2. The van der Waals surface area contributed by atoms with Crippen molar-refractivity contribution in [3.05, 3.63) is 69.7 Å². The number of halogens is 5. The number of hydrogen-bond donors (Lipinski definition) is 1. The van der Waals surface area contributed by atoms with Gasteiger partial charge < -0.3 is 5.32 Å². The molecule has 0 unspecified atom stereocenters. The number of hydrogen-bond acceptors (Lipinski definition) is 1. The van der Waals surface area contributed by atoms with Gasteiger partial charge in [-0.1, -0.05) is 41.4 Å². The maximum absolute atomic E-state index is 12.7. The van der Waals surface area contributed by atoms with E-state index in [0.29, 0.717) is 10.6 Å². The second-order valence-electron chi connectivity index (χ2n) is 4.54. The topological polar surface area (TPSA) is 29.1 Å². The minimum Gasteiger partial charge on any atom is -0.321 e. The van der Waals surface area contributed by atoms with Gasteiger partial charge in [0.2, 0.25) is 5.91 Å². The fourth-order valence-corrected chi connectivity index (χ4v) is 2.11. The van der Waals surface area contributed by atoms with Gasteiger partial charge >= 0.3 is 6.18 Å². The number of benzene rings is 2. The first kappa shape index (κ1) is 17.4. The van der Waals surface area contributed by atoms with E-state index < -0.39 is 17.6 Å². The third kappa shape index (κ3) is 4.74. The van der Waals surface area contributed by atoms with Crippen molar-refractivity contribution >= 4 is 40.9 Å². The van der Waals surface area contributed by atoms with Gasteiger partial charge in [-0.3, -0.25) is 4.79 Å². The van der Waals surface area contributed by atoms with Crippen LogP contribution in [0.4, 0.5) is 18.9 Å². The lowest BCUT2D eigenvalue weighted by Crippen LogP contribution is -2.11. The van der Waals surface area contributed by atoms with Crippen LogP contribution in [-0.4, -0.2) is 5.91 Å². The lowest BCUT2D eigenvalue weighted by Gasteiger charge is -2.10. The fraction of sp³-hybridized carbons (Fsp3) is 0.0625. The molecule has 1 N–H and O–H groups in total. The van der Waals surface area contributed by atoms with Crippen molar-refractivity contribution in [1.82, 2.24) is 0 Å². The molecule has 0 spiro atoms. The SMILES string of the molecule is O=C(/C=C/c1ccccc1Cl)Nc1cc(C(F)(F)F)ccc1Cl. The van der Waals surface area contributed by atoms with Gasteiger partial charge in [-0.15, -0.1) is 0 Å². The Morgan fingerprint density at radius 3 is 2.39 bits per heavy atom. The Balaban J connectivity index is 2.16. The minimum absolute atomic E-state index is 0.0116. The van der Waals surface area contributed by atoms with E-state index in [1.165, 1.54) is 6.08 Å². The predicted molar refractivity (Wildman–Crippen MR) is 85.6 cm³/mol. The summed E-state index contributed by atoms with van der Waals surface area (Å²) in [6.07, 6.45) is -1.89. The fourth-order valence-electron chi connectivity index (χ4n) is 1.75. The maximum Gasteiger partial charge on any atom is 0.416 e. The lowest BCUT2D eigenvalue weighted by molar-refractivity contribution is -0.137. The molecule has 2 rings (SSSR count). The summed E-state index contributed by atoms with van der Waals surface area (Å²) in [6.45, 7) is 0. The molecule has 2 aromatic carbocycles. The number of anilines is 1. The summed E-state index contributed by atoms with van der Waals surface area (Å²) in [4.78, 5) is 11.8. The van der Waals surface area contributed by atoms with Crippen LogP contribution < -0.4 is 5.32 Å². The molecule has 23 heavy (non-hydrogen) atoms. The molecular formula is C16H10Cl2F3NO. The molecule has 0 heterocycles. The molecule has 2 nitrogen and oxygen atoms in total. The van der Waals surface area contributed by atoms with Gasteiger partial charge in [0.05, 0.1) is 16.3 Å². The van der Waals surface area contributed by atoms with Crippen LogP contribution in [0.2, 0.25) is 10.0 Å². The standard InChI is InChI=1S/C16H10Cl2F3NO/c17-12-4-2-1-3-10(12)5-8-15(23)22-14-9-11(16(19,20)21)6-7-13(14)18/h1-9H,(H,22,23)/b8-5+. The number of alkyl halides is 3. The first-order valence-corrected chi connectivity index (χ1v) is 7.13. The van der Waals surface area contributed by atoms with Crippen molar-refractivity contribution in [3.63, 3.8) is 0 Å². The van der Waals surface area contributed by atoms with Gasteiger partial charge in [-0.2, -0.15) is 13.2 Å². The van der Waals surface area contributed by atoms with Crippen molar-refractivity contribution in [2.75, 3.05) is 5.32 Å². The zero-order chi connectivity index (χ0) is 17.0. The molecule has 0 aliphatic carbocycles. The Hall–Kier alpha value is -1.98. The van der Waals surface area contributed by atoms with Crippen LogP contribution in [0.25, 0.3) is 6.08 Å². The molecule has 0 aliphatic rings. The van der Waals surface area contributed by atoms with Crippen molar-refractivity contribution in [3.8, 4) is 0 Å². The van der Waals surface area contributed by atoms with Crippen molar-refractivity contribution < 1.29 is 18.0 Å². The van der Waals surface area contributed by atoms with Gasteiger partial charge in [-0.05, 0) is 35.9 Å². The smallest absolute Gasteiger partial charge is 0.321 e. The zero-order valence-electron chi connectivity index (χ0n) is 11.5. The van der Waals surface area contributed by atoms with E-state index in [1.807, 2.05) is 0 Å².